The van der Waals surface area contributed by atoms with Gasteiger partial charge in [-0.15, -0.1) is 0 Å². The Morgan fingerprint density at radius 2 is 1.80 bits per heavy atom. The van der Waals surface area contributed by atoms with Gasteiger partial charge in [-0.1, -0.05) is 71.2 Å². The summed E-state index contributed by atoms with van der Waals surface area (Å²) in [5, 5.41) is 4.98. The zero-order valence-corrected chi connectivity index (χ0v) is 23.9. The molecule has 0 saturated carbocycles. The zero-order chi connectivity index (χ0) is 27.6. The number of allylic oxidation sites excluding steroid dienone is 2. The molecule has 0 aromatic heterocycles. The molecular weight excluding hydrogens is 539 g/mol. The third kappa shape index (κ3) is 5.47. The van der Waals surface area contributed by atoms with Crippen LogP contribution in [0.3, 0.4) is 0 Å². The van der Waals surface area contributed by atoms with Crippen molar-refractivity contribution in [2.24, 2.45) is 10.9 Å². The Kier molecular flexibility index (Phi) is 7.55. The second kappa shape index (κ2) is 11.4. The minimum Gasteiger partial charge on any atom is -0.493 e. The number of aryl methyl sites for hydroxylation is 1. The smallest absolute Gasteiger partial charge is 0.161 e. The van der Waals surface area contributed by atoms with E-state index in [1.54, 1.807) is 19.2 Å². The van der Waals surface area contributed by atoms with Crippen LogP contribution in [0.2, 0.25) is 10.0 Å². The van der Waals surface area contributed by atoms with Crippen molar-refractivity contribution >= 4 is 40.8 Å². The van der Waals surface area contributed by atoms with E-state index in [4.69, 9.17) is 37.7 Å². The van der Waals surface area contributed by atoms with Gasteiger partial charge in [-0.2, -0.15) is 0 Å². The molecule has 4 aromatic carbocycles. The third-order valence-electron chi connectivity index (χ3n) is 7.72. The van der Waals surface area contributed by atoms with Crippen LogP contribution in [0.4, 0.5) is 11.4 Å². The van der Waals surface area contributed by atoms with E-state index in [-0.39, 0.29) is 6.04 Å². The van der Waals surface area contributed by atoms with Crippen molar-refractivity contribution in [2.75, 3.05) is 12.4 Å². The van der Waals surface area contributed by atoms with Gasteiger partial charge >= 0.3 is 0 Å². The Balaban J connectivity index is 1.14. The van der Waals surface area contributed by atoms with Crippen LogP contribution in [0.1, 0.15) is 46.2 Å². The highest BCUT2D eigenvalue weighted by molar-refractivity contribution is 6.35. The summed E-state index contributed by atoms with van der Waals surface area (Å²) in [6, 6.07) is 26.7. The second-order valence-corrected chi connectivity index (χ2v) is 11.2. The van der Waals surface area contributed by atoms with Crippen LogP contribution < -0.4 is 14.8 Å². The average molecular weight is 570 g/mol. The third-order valence-corrected chi connectivity index (χ3v) is 8.31. The first-order chi connectivity index (χ1) is 19.5. The van der Waals surface area contributed by atoms with Crippen molar-refractivity contribution in [3.63, 3.8) is 0 Å². The van der Waals surface area contributed by atoms with Crippen molar-refractivity contribution in [1.82, 2.24) is 0 Å². The highest BCUT2D eigenvalue weighted by Crippen LogP contribution is 2.50. The van der Waals surface area contributed by atoms with Crippen molar-refractivity contribution in [3.05, 3.63) is 129 Å². The molecule has 1 aliphatic heterocycles. The Bertz CT molecular complexity index is 1600. The Hall–Kier alpha value is -3.73. The number of methoxy groups -OCH3 is 1. The lowest BCUT2D eigenvalue weighted by molar-refractivity contribution is 0.284. The van der Waals surface area contributed by atoms with Gasteiger partial charge in [0.2, 0.25) is 0 Å². The molecule has 4 aromatic rings. The van der Waals surface area contributed by atoms with Crippen molar-refractivity contribution < 1.29 is 9.47 Å². The van der Waals surface area contributed by atoms with Crippen LogP contribution in [0.15, 0.2) is 96.0 Å². The summed E-state index contributed by atoms with van der Waals surface area (Å²) in [6.07, 6.45) is 7.64. The second-order valence-electron chi connectivity index (χ2n) is 10.4. The van der Waals surface area contributed by atoms with E-state index < -0.39 is 0 Å². The molecule has 4 nitrogen and oxygen atoms in total. The number of rotatable bonds is 7. The molecule has 0 fully saturated rings. The molecule has 202 valence electrons. The summed E-state index contributed by atoms with van der Waals surface area (Å²) < 4.78 is 11.5. The van der Waals surface area contributed by atoms with E-state index >= 15 is 0 Å². The number of hydrogen-bond donors (Lipinski definition) is 1. The first-order valence-corrected chi connectivity index (χ1v) is 14.2. The fraction of sp³-hybridized carbons (Fsp3) is 0.206. The quantitative estimate of drug-likeness (QED) is 0.178. The maximum Gasteiger partial charge on any atom is 0.161 e. The van der Waals surface area contributed by atoms with Crippen molar-refractivity contribution in [2.45, 2.75) is 31.9 Å². The number of hydrogen-bond acceptors (Lipinski definition) is 4. The molecule has 1 heterocycles. The first-order valence-electron chi connectivity index (χ1n) is 13.4. The Morgan fingerprint density at radius 3 is 2.60 bits per heavy atom. The molecule has 40 heavy (non-hydrogen) atoms. The van der Waals surface area contributed by atoms with Crippen LogP contribution in [0.5, 0.6) is 11.5 Å². The molecular formula is C34H30Cl2N2O2. The zero-order valence-electron chi connectivity index (χ0n) is 22.4. The van der Waals surface area contributed by atoms with Gasteiger partial charge in [0.25, 0.3) is 0 Å². The largest absolute Gasteiger partial charge is 0.493 e. The van der Waals surface area contributed by atoms with Gasteiger partial charge in [0.1, 0.15) is 6.61 Å². The maximum absolute atomic E-state index is 6.28. The minimum absolute atomic E-state index is 0.271. The fourth-order valence-electron chi connectivity index (χ4n) is 5.64. The van der Waals surface area contributed by atoms with Crippen LogP contribution in [-0.4, -0.2) is 13.3 Å². The number of halogens is 2. The molecule has 0 radical (unpaired) electrons. The summed E-state index contributed by atoms with van der Waals surface area (Å²) >= 11 is 12.3. The molecule has 0 spiro atoms. The van der Waals surface area contributed by atoms with Gasteiger partial charge in [0.05, 0.1) is 18.8 Å². The van der Waals surface area contributed by atoms with E-state index in [2.05, 4.69) is 66.9 Å². The predicted molar refractivity (Wildman–Crippen MR) is 165 cm³/mol. The van der Waals surface area contributed by atoms with Gasteiger partial charge in [-0.3, -0.25) is 4.99 Å². The number of nitrogens with zero attached hydrogens (tertiary/aromatic N) is 1. The van der Waals surface area contributed by atoms with Gasteiger partial charge in [0, 0.05) is 33.4 Å². The van der Waals surface area contributed by atoms with E-state index in [1.165, 1.54) is 22.4 Å². The standard InChI is InChI=1S/C34H30Cl2N2O2/c1-21-6-14-31-29(16-21)27-4-3-5-28(27)34(38-31)23-9-12-26(13-10-23)37-19-22-7-15-32(33(17-22)39-2)40-20-24-8-11-25(35)18-30(24)36/h3-4,6-19,27-28,34,38H,5,20H2,1-2H3/t27-,28-,34+/m1/s1. The molecule has 0 saturated heterocycles. The minimum atomic E-state index is 0.271. The lowest BCUT2D eigenvalue weighted by Gasteiger charge is -2.37. The molecule has 3 atom stereocenters. The molecule has 6 heteroatoms. The summed E-state index contributed by atoms with van der Waals surface area (Å²) in [5.74, 6) is 2.24. The highest BCUT2D eigenvalue weighted by atomic mass is 35.5. The molecule has 1 N–H and O–H groups in total. The van der Waals surface area contributed by atoms with E-state index in [1.807, 2.05) is 30.5 Å². The number of aliphatic imine (C=N–C) groups is 1. The van der Waals surface area contributed by atoms with Crippen molar-refractivity contribution in [1.29, 1.82) is 0 Å². The monoisotopic (exact) mass is 568 g/mol. The summed E-state index contributed by atoms with van der Waals surface area (Å²) in [6.45, 7) is 2.47. The molecule has 6 rings (SSSR count). The van der Waals surface area contributed by atoms with Crippen LogP contribution >= 0.6 is 23.2 Å². The number of ether oxygens (including phenoxy) is 2. The van der Waals surface area contributed by atoms with Gasteiger partial charge in [-0.25, -0.2) is 0 Å². The number of fused-ring (bicyclic) bond motifs is 3. The fourth-order valence-corrected chi connectivity index (χ4v) is 6.10. The lowest BCUT2D eigenvalue weighted by Crippen LogP contribution is -2.29. The SMILES string of the molecule is COc1cc(C=Nc2ccc([C@@H]3Nc4ccc(C)cc4[C@@H]4C=CC[C@H]43)cc2)ccc1OCc1ccc(Cl)cc1Cl. The van der Waals surface area contributed by atoms with Crippen LogP contribution in [0, 0.1) is 12.8 Å². The van der Waals surface area contributed by atoms with E-state index in [0.29, 0.717) is 40.0 Å². The topological polar surface area (TPSA) is 42.8 Å². The van der Waals surface area contributed by atoms with Gasteiger partial charge < -0.3 is 14.8 Å². The van der Waals surface area contributed by atoms with Crippen LogP contribution in [0.25, 0.3) is 0 Å². The molecule has 0 unspecified atom stereocenters. The molecule has 2 aliphatic rings. The summed E-state index contributed by atoms with van der Waals surface area (Å²) in [7, 11) is 1.63. The molecule has 0 amide bonds. The highest BCUT2D eigenvalue weighted by Gasteiger charge is 2.37. The van der Waals surface area contributed by atoms with Gasteiger partial charge in [0.15, 0.2) is 11.5 Å². The number of anilines is 1. The summed E-state index contributed by atoms with van der Waals surface area (Å²) in [4.78, 5) is 4.71. The van der Waals surface area contributed by atoms with Crippen LogP contribution in [-0.2, 0) is 6.61 Å². The van der Waals surface area contributed by atoms with Gasteiger partial charge in [-0.05, 0) is 84.5 Å². The Morgan fingerprint density at radius 1 is 0.950 bits per heavy atom. The summed E-state index contributed by atoms with van der Waals surface area (Å²) in [5.41, 5.74) is 7.91. The number of nitrogens with one attached hydrogen (secondary N) is 1. The first kappa shape index (κ1) is 26.5. The molecule has 0 bridgehead atoms. The predicted octanol–water partition coefficient (Wildman–Crippen LogP) is 9.47. The lowest BCUT2D eigenvalue weighted by atomic mass is 9.76. The Labute approximate surface area is 245 Å². The normalized spacial score (nSPS) is 19.2. The maximum atomic E-state index is 6.28. The van der Waals surface area contributed by atoms with E-state index in [9.17, 15) is 0 Å². The van der Waals surface area contributed by atoms with Crippen molar-refractivity contribution in [3.8, 4) is 11.5 Å². The molecule has 1 aliphatic carbocycles. The number of benzene rings is 4. The average Bonchev–Trinajstić information content (AvgIpc) is 3.46. The van der Waals surface area contributed by atoms with E-state index in [0.717, 1.165) is 23.2 Å².